The molecule has 0 radical (unpaired) electrons. The van der Waals surface area contributed by atoms with Crippen molar-refractivity contribution in [2.24, 2.45) is 11.7 Å². The minimum atomic E-state index is 0. The van der Waals surface area contributed by atoms with Gasteiger partial charge in [0.1, 0.15) is 11.3 Å². The van der Waals surface area contributed by atoms with Gasteiger partial charge in [0.15, 0.2) is 0 Å². The Morgan fingerprint density at radius 2 is 2.21 bits per heavy atom. The molecular formula is C15H21ClN2O. The van der Waals surface area contributed by atoms with E-state index in [9.17, 15) is 0 Å². The minimum Gasteiger partial charge on any atom is -0.460 e. The molecule has 2 aromatic rings. The van der Waals surface area contributed by atoms with E-state index in [-0.39, 0.29) is 12.4 Å². The number of rotatable bonds is 3. The van der Waals surface area contributed by atoms with Crippen LogP contribution in [-0.2, 0) is 6.54 Å². The number of halogens is 1. The quantitative estimate of drug-likeness (QED) is 0.940. The molecule has 0 aliphatic carbocycles. The Morgan fingerprint density at radius 1 is 1.42 bits per heavy atom. The van der Waals surface area contributed by atoms with Gasteiger partial charge in [-0.05, 0) is 37.9 Å². The van der Waals surface area contributed by atoms with Crippen LogP contribution in [-0.4, -0.2) is 24.0 Å². The lowest BCUT2D eigenvalue weighted by Gasteiger charge is -2.16. The highest BCUT2D eigenvalue weighted by Crippen LogP contribution is 2.24. The molecule has 1 aliphatic heterocycles. The molecule has 2 N–H and O–H groups in total. The highest BCUT2D eigenvalue weighted by molar-refractivity contribution is 5.85. The first-order chi connectivity index (χ1) is 8.72. The minimum absolute atomic E-state index is 0. The molecule has 2 atom stereocenters. The van der Waals surface area contributed by atoms with Crippen LogP contribution in [0.4, 0.5) is 0 Å². The first kappa shape index (κ1) is 14.4. The molecule has 1 saturated heterocycles. The molecule has 0 saturated carbocycles. The van der Waals surface area contributed by atoms with Crippen LogP contribution in [0.15, 0.2) is 34.7 Å². The third-order valence-corrected chi connectivity index (χ3v) is 3.91. The van der Waals surface area contributed by atoms with E-state index in [1.165, 1.54) is 11.8 Å². The zero-order valence-electron chi connectivity index (χ0n) is 11.2. The maximum absolute atomic E-state index is 5.96. The molecular weight excluding hydrogens is 260 g/mol. The fourth-order valence-corrected chi connectivity index (χ4v) is 2.77. The predicted molar refractivity (Wildman–Crippen MR) is 80.5 cm³/mol. The van der Waals surface area contributed by atoms with E-state index in [1.54, 1.807) is 0 Å². The van der Waals surface area contributed by atoms with E-state index in [4.69, 9.17) is 10.2 Å². The van der Waals surface area contributed by atoms with Crippen molar-refractivity contribution in [2.75, 3.05) is 13.1 Å². The number of nitrogens with zero attached hydrogens (tertiary/aromatic N) is 1. The Kier molecular flexibility index (Phi) is 4.50. The molecule has 19 heavy (non-hydrogen) atoms. The number of likely N-dealkylation sites (tertiary alicyclic amines) is 1. The second kappa shape index (κ2) is 5.95. The molecule has 4 heteroatoms. The normalized spacial score (nSPS) is 21.5. The zero-order valence-corrected chi connectivity index (χ0v) is 12.0. The Labute approximate surface area is 120 Å². The maximum Gasteiger partial charge on any atom is 0.134 e. The van der Waals surface area contributed by atoms with Gasteiger partial charge in [0, 0.05) is 18.0 Å². The molecule has 1 aromatic heterocycles. The van der Waals surface area contributed by atoms with Gasteiger partial charge in [-0.15, -0.1) is 12.4 Å². The second-order valence-electron chi connectivity index (χ2n) is 5.39. The summed E-state index contributed by atoms with van der Waals surface area (Å²) >= 11 is 0. The molecule has 0 bridgehead atoms. The fraction of sp³-hybridized carbons (Fsp3) is 0.467. The van der Waals surface area contributed by atoms with Gasteiger partial charge in [0.2, 0.25) is 0 Å². The summed E-state index contributed by atoms with van der Waals surface area (Å²) in [6, 6.07) is 10.6. The smallest absolute Gasteiger partial charge is 0.134 e. The topological polar surface area (TPSA) is 42.4 Å². The van der Waals surface area contributed by atoms with Crippen molar-refractivity contribution < 1.29 is 4.42 Å². The van der Waals surface area contributed by atoms with Crippen molar-refractivity contribution in [1.29, 1.82) is 0 Å². The number of benzene rings is 1. The van der Waals surface area contributed by atoms with Crippen LogP contribution in [0.3, 0.4) is 0 Å². The lowest BCUT2D eigenvalue weighted by molar-refractivity contribution is 0.284. The average molecular weight is 281 g/mol. The van der Waals surface area contributed by atoms with Crippen LogP contribution >= 0.6 is 12.4 Å². The molecule has 1 aromatic carbocycles. The number of furan rings is 1. The summed E-state index contributed by atoms with van der Waals surface area (Å²) in [7, 11) is 0. The predicted octanol–water partition coefficient (Wildman–Crippen LogP) is 3.02. The van der Waals surface area contributed by atoms with Crippen molar-refractivity contribution in [1.82, 2.24) is 4.90 Å². The summed E-state index contributed by atoms with van der Waals surface area (Å²) < 4.78 is 5.85. The van der Waals surface area contributed by atoms with Gasteiger partial charge in [-0.3, -0.25) is 4.90 Å². The molecule has 0 amide bonds. The first-order valence-electron chi connectivity index (χ1n) is 6.68. The van der Waals surface area contributed by atoms with Crippen LogP contribution in [0, 0.1) is 5.92 Å². The Bertz CT molecular complexity index is 505. The Morgan fingerprint density at radius 3 is 2.89 bits per heavy atom. The Hall–Kier alpha value is -1.03. The van der Waals surface area contributed by atoms with E-state index in [0.29, 0.717) is 12.0 Å². The lowest BCUT2D eigenvalue weighted by atomic mass is 10.0. The van der Waals surface area contributed by atoms with E-state index >= 15 is 0 Å². The summed E-state index contributed by atoms with van der Waals surface area (Å²) in [5.74, 6) is 1.69. The summed E-state index contributed by atoms with van der Waals surface area (Å²) in [4.78, 5) is 2.44. The number of fused-ring (bicyclic) bond motifs is 1. The molecule has 0 spiro atoms. The van der Waals surface area contributed by atoms with Crippen LogP contribution < -0.4 is 5.73 Å². The third kappa shape index (κ3) is 3.11. The molecule has 3 nitrogen and oxygen atoms in total. The molecule has 2 heterocycles. The number of para-hydroxylation sites is 1. The van der Waals surface area contributed by atoms with Crippen molar-refractivity contribution in [2.45, 2.75) is 25.9 Å². The van der Waals surface area contributed by atoms with E-state index in [2.05, 4.69) is 24.0 Å². The van der Waals surface area contributed by atoms with Crippen molar-refractivity contribution in [3.63, 3.8) is 0 Å². The van der Waals surface area contributed by atoms with Crippen molar-refractivity contribution >= 4 is 23.4 Å². The van der Waals surface area contributed by atoms with Gasteiger partial charge in [0.25, 0.3) is 0 Å². The number of hydrogen-bond acceptors (Lipinski definition) is 3. The summed E-state index contributed by atoms with van der Waals surface area (Å²) in [5, 5.41) is 1.19. The zero-order chi connectivity index (χ0) is 12.5. The molecule has 2 unspecified atom stereocenters. The summed E-state index contributed by atoms with van der Waals surface area (Å²) in [6.45, 7) is 5.23. The SMILES string of the molecule is CC(N)C1CCN(Cc2cc3ccccc3o2)C1.Cl. The monoisotopic (exact) mass is 280 g/mol. The van der Waals surface area contributed by atoms with Crippen LogP contribution in [0.2, 0.25) is 0 Å². The Balaban J connectivity index is 0.00000133. The highest BCUT2D eigenvalue weighted by Gasteiger charge is 2.25. The van der Waals surface area contributed by atoms with Gasteiger partial charge in [-0.2, -0.15) is 0 Å². The summed E-state index contributed by atoms with van der Waals surface area (Å²) in [6.07, 6.45) is 1.21. The standard InChI is InChI=1S/C15H20N2O.ClH/c1-11(16)13-6-7-17(9-13)10-14-8-12-4-2-3-5-15(12)18-14;/h2-5,8,11,13H,6-7,9-10,16H2,1H3;1H. The second-order valence-corrected chi connectivity index (χ2v) is 5.39. The number of nitrogens with two attached hydrogens (primary N) is 1. The molecule has 1 fully saturated rings. The van der Waals surface area contributed by atoms with E-state index < -0.39 is 0 Å². The summed E-state index contributed by atoms with van der Waals surface area (Å²) in [5.41, 5.74) is 6.95. The van der Waals surface area contributed by atoms with E-state index in [1.807, 2.05) is 18.2 Å². The van der Waals surface area contributed by atoms with Crippen LogP contribution in [0.25, 0.3) is 11.0 Å². The maximum atomic E-state index is 5.96. The van der Waals surface area contributed by atoms with Crippen molar-refractivity contribution in [3.8, 4) is 0 Å². The average Bonchev–Trinajstić information content (AvgIpc) is 2.94. The third-order valence-electron chi connectivity index (χ3n) is 3.91. The van der Waals surface area contributed by atoms with Crippen LogP contribution in [0.5, 0.6) is 0 Å². The molecule has 104 valence electrons. The highest BCUT2D eigenvalue weighted by atomic mass is 35.5. The van der Waals surface area contributed by atoms with Gasteiger partial charge < -0.3 is 10.2 Å². The molecule has 3 rings (SSSR count). The van der Waals surface area contributed by atoms with Crippen LogP contribution in [0.1, 0.15) is 19.1 Å². The van der Waals surface area contributed by atoms with Gasteiger partial charge in [-0.1, -0.05) is 18.2 Å². The van der Waals surface area contributed by atoms with Crippen molar-refractivity contribution in [3.05, 3.63) is 36.1 Å². The number of hydrogen-bond donors (Lipinski definition) is 1. The molecule has 1 aliphatic rings. The largest absolute Gasteiger partial charge is 0.460 e. The van der Waals surface area contributed by atoms with Gasteiger partial charge in [0.05, 0.1) is 6.54 Å². The van der Waals surface area contributed by atoms with Gasteiger partial charge >= 0.3 is 0 Å². The van der Waals surface area contributed by atoms with Gasteiger partial charge in [-0.25, -0.2) is 0 Å². The first-order valence-corrected chi connectivity index (χ1v) is 6.68. The lowest BCUT2D eigenvalue weighted by Crippen LogP contribution is -2.29. The fourth-order valence-electron chi connectivity index (χ4n) is 2.77. The van der Waals surface area contributed by atoms with E-state index in [0.717, 1.165) is 31.0 Å².